The molecule has 148 valence electrons. The minimum Gasteiger partial charge on any atom is -0.497 e. The Bertz CT molecular complexity index is 1050. The number of rotatable bonds is 6. The van der Waals surface area contributed by atoms with Gasteiger partial charge in [-0.05, 0) is 45.4 Å². The molecule has 2 aromatic heterocycles. The third-order valence-electron chi connectivity index (χ3n) is 4.67. The van der Waals surface area contributed by atoms with Crippen molar-refractivity contribution in [3.63, 3.8) is 0 Å². The van der Waals surface area contributed by atoms with Crippen molar-refractivity contribution in [2.24, 2.45) is 0 Å². The zero-order valence-corrected chi connectivity index (χ0v) is 16.8. The number of amides is 1. The fraction of sp³-hybridized carbons (Fsp3) is 0.400. The molecule has 1 atom stereocenters. The first-order valence-electron chi connectivity index (χ1n) is 9.20. The molecule has 3 aromatic rings. The van der Waals surface area contributed by atoms with Crippen LogP contribution in [0.3, 0.4) is 0 Å². The Morgan fingerprint density at radius 3 is 2.50 bits per heavy atom. The summed E-state index contributed by atoms with van der Waals surface area (Å²) < 4.78 is 8.09. The minimum absolute atomic E-state index is 0.113. The van der Waals surface area contributed by atoms with Gasteiger partial charge >= 0.3 is 0 Å². The maximum Gasteiger partial charge on any atom is 0.278 e. The van der Waals surface area contributed by atoms with E-state index in [2.05, 4.69) is 15.5 Å². The van der Waals surface area contributed by atoms with Gasteiger partial charge in [0.2, 0.25) is 5.91 Å². The van der Waals surface area contributed by atoms with Crippen molar-refractivity contribution < 1.29 is 9.53 Å². The number of nitrogens with zero attached hydrogens (tertiary/aromatic N) is 4. The van der Waals surface area contributed by atoms with Gasteiger partial charge in [-0.2, -0.15) is 10.2 Å². The molecule has 0 unspecified atom stereocenters. The van der Waals surface area contributed by atoms with E-state index in [1.165, 1.54) is 4.68 Å². The Morgan fingerprint density at radius 2 is 1.89 bits per heavy atom. The lowest BCUT2D eigenvalue weighted by Crippen LogP contribution is -2.35. The van der Waals surface area contributed by atoms with E-state index in [1.54, 1.807) is 24.9 Å². The van der Waals surface area contributed by atoms with Crippen molar-refractivity contribution in [1.29, 1.82) is 0 Å². The van der Waals surface area contributed by atoms with Crippen LogP contribution in [0.5, 0.6) is 5.75 Å². The quantitative estimate of drug-likeness (QED) is 0.706. The van der Waals surface area contributed by atoms with Gasteiger partial charge in [0, 0.05) is 6.04 Å². The van der Waals surface area contributed by atoms with Crippen molar-refractivity contribution in [2.45, 2.75) is 46.3 Å². The molecule has 0 saturated heterocycles. The Labute approximate surface area is 163 Å². The number of nitrogens with one attached hydrogen (secondary N) is 1. The molecule has 1 aromatic carbocycles. The zero-order valence-electron chi connectivity index (χ0n) is 16.8. The summed E-state index contributed by atoms with van der Waals surface area (Å²) >= 11 is 0. The van der Waals surface area contributed by atoms with Crippen LogP contribution < -0.4 is 15.6 Å². The summed E-state index contributed by atoms with van der Waals surface area (Å²) in [5.41, 5.74) is 1.95. The summed E-state index contributed by atoms with van der Waals surface area (Å²) in [7, 11) is 1.61. The third kappa shape index (κ3) is 3.76. The van der Waals surface area contributed by atoms with E-state index in [4.69, 9.17) is 4.74 Å². The summed E-state index contributed by atoms with van der Waals surface area (Å²) in [5, 5.41) is 12.0. The van der Waals surface area contributed by atoms with E-state index >= 15 is 0 Å². The highest BCUT2D eigenvalue weighted by Crippen LogP contribution is 2.18. The second kappa shape index (κ2) is 7.84. The van der Waals surface area contributed by atoms with Gasteiger partial charge in [-0.3, -0.25) is 14.3 Å². The van der Waals surface area contributed by atoms with E-state index in [1.807, 2.05) is 45.0 Å². The van der Waals surface area contributed by atoms with Gasteiger partial charge in [-0.1, -0.05) is 12.1 Å². The fourth-order valence-electron chi connectivity index (χ4n) is 3.16. The number of carbonyl (C=O) groups excluding carboxylic acids is 1. The minimum atomic E-state index is -0.311. The molecular formula is C20H25N5O3. The number of methoxy groups -OCH3 is 1. The topological polar surface area (TPSA) is 91.0 Å². The average molecular weight is 383 g/mol. The molecule has 28 heavy (non-hydrogen) atoms. The molecule has 8 heteroatoms. The van der Waals surface area contributed by atoms with Gasteiger partial charge in [0.05, 0.1) is 35.9 Å². The van der Waals surface area contributed by atoms with Crippen molar-refractivity contribution in [3.8, 4) is 5.75 Å². The lowest BCUT2D eigenvalue weighted by atomic mass is 10.1. The van der Waals surface area contributed by atoms with Gasteiger partial charge in [0.1, 0.15) is 12.3 Å². The van der Waals surface area contributed by atoms with Crippen LogP contribution in [0, 0.1) is 6.92 Å². The average Bonchev–Trinajstić information content (AvgIpc) is 3.01. The summed E-state index contributed by atoms with van der Waals surface area (Å²) in [6.07, 6.45) is 1.59. The van der Waals surface area contributed by atoms with E-state index in [0.29, 0.717) is 16.6 Å². The first kappa shape index (κ1) is 19.6. The lowest BCUT2D eigenvalue weighted by molar-refractivity contribution is -0.122. The summed E-state index contributed by atoms with van der Waals surface area (Å²) in [6.45, 7) is 7.51. The first-order valence-corrected chi connectivity index (χ1v) is 9.20. The predicted molar refractivity (Wildman–Crippen MR) is 106 cm³/mol. The molecule has 8 nitrogen and oxygen atoms in total. The van der Waals surface area contributed by atoms with Crippen molar-refractivity contribution in [2.75, 3.05) is 7.11 Å². The maximum absolute atomic E-state index is 12.8. The second-order valence-electron chi connectivity index (χ2n) is 7.05. The number of hydrogen-bond donors (Lipinski definition) is 1. The van der Waals surface area contributed by atoms with Crippen LogP contribution in [-0.4, -0.2) is 32.6 Å². The van der Waals surface area contributed by atoms with Crippen molar-refractivity contribution in [1.82, 2.24) is 24.9 Å². The highest BCUT2D eigenvalue weighted by Gasteiger charge is 2.17. The SMILES string of the molecule is COc1ccc([C@H](C)NC(=O)Cn2ncc3c(c(C)nn3C(C)C)c2=O)cc1. The maximum atomic E-state index is 12.8. The van der Waals surface area contributed by atoms with Crippen LogP contribution in [0.4, 0.5) is 0 Å². The normalized spacial score (nSPS) is 12.4. The van der Waals surface area contributed by atoms with E-state index in [9.17, 15) is 9.59 Å². The Balaban J connectivity index is 1.78. The predicted octanol–water partition coefficient (Wildman–Crippen LogP) is 2.37. The third-order valence-corrected chi connectivity index (χ3v) is 4.67. The van der Waals surface area contributed by atoms with Crippen LogP contribution in [0.25, 0.3) is 10.9 Å². The molecule has 0 aliphatic carbocycles. The lowest BCUT2D eigenvalue weighted by Gasteiger charge is -2.15. The molecule has 1 N–H and O–H groups in total. The zero-order chi connectivity index (χ0) is 20.4. The van der Waals surface area contributed by atoms with E-state index < -0.39 is 0 Å². The number of fused-ring (bicyclic) bond motifs is 1. The van der Waals surface area contributed by atoms with Crippen LogP contribution in [0.1, 0.15) is 44.1 Å². The molecule has 0 fully saturated rings. The molecule has 3 rings (SSSR count). The number of aromatic nitrogens is 4. The molecule has 0 saturated carbocycles. The van der Waals surface area contributed by atoms with Gasteiger partial charge in [-0.15, -0.1) is 0 Å². The Kier molecular flexibility index (Phi) is 5.48. The number of aryl methyl sites for hydroxylation is 1. The standard InChI is InChI=1S/C20H25N5O3/c1-12(2)25-17-10-21-24(20(27)19(17)14(4)23-25)11-18(26)22-13(3)15-6-8-16(28-5)9-7-15/h6-10,12-13H,11H2,1-5H3,(H,22,26)/t13-/m0/s1. The first-order chi connectivity index (χ1) is 13.3. The second-order valence-corrected chi connectivity index (χ2v) is 7.05. The highest BCUT2D eigenvalue weighted by atomic mass is 16.5. The summed E-state index contributed by atoms with van der Waals surface area (Å²) in [5.74, 6) is 0.467. The van der Waals surface area contributed by atoms with E-state index in [0.717, 1.165) is 11.3 Å². The molecule has 0 radical (unpaired) electrons. The molecule has 2 heterocycles. The molecule has 0 aliphatic rings. The fourth-order valence-corrected chi connectivity index (χ4v) is 3.16. The smallest absolute Gasteiger partial charge is 0.278 e. The van der Waals surface area contributed by atoms with E-state index in [-0.39, 0.29) is 30.1 Å². The Hall–Kier alpha value is -3.16. The molecule has 0 aliphatic heterocycles. The van der Waals surface area contributed by atoms with Crippen molar-refractivity contribution in [3.05, 3.63) is 52.1 Å². The van der Waals surface area contributed by atoms with Crippen LogP contribution >= 0.6 is 0 Å². The number of ether oxygens (including phenoxy) is 1. The van der Waals surface area contributed by atoms with Gasteiger partial charge in [-0.25, -0.2) is 4.68 Å². The van der Waals surface area contributed by atoms with Crippen LogP contribution in [0.2, 0.25) is 0 Å². The number of benzene rings is 1. The molecule has 0 spiro atoms. The molecule has 1 amide bonds. The Morgan fingerprint density at radius 1 is 1.21 bits per heavy atom. The van der Waals surface area contributed by atoms with Crippen LogP contribution in [-0.2, 0) is 11.3 Å². The number of hydrogen-bond acceptors (Lipinski definition) is 5. The van der Waals surface area contributed by atoms with Crippen molar-refractivity contribution >= 4 is 16.8 Å². The number of carbonyl (C=O) groups is 1. The summed E-state index contributed by atoms with van der Waals surface area (Å²) in [6, 6.07) is 7.37. The highest BCUT2D eigenvalue weighted by molar-refractivity contribution is 5.81. The largest absolute Gasteiger partial charge is 0.497 e. The van der Waals surface area contributed by atoms with Crippen LogP contribution in [0.15, 0.2) is 35.3 Å². The van der Waals surface area contributed by atoms with Gasteiger partial charge < -0.3 is 10.1 Å². The monoisotopic (exact) mass is 383 g/mol. The summed E-state index contributed by atoms with van der Waals surface area (Å²) in [4.78, 5) is 25.2. The van der Waals surface area contributed by atoms with Gasteiger partial charge in [0.15, 0.2) is 0 Å². The van der Waals surface area contributed by atoms with Gasteiger partial charge in [0.25, 0.3) is 5.56 Å². The molecule has 0 bridgehead atoms. The molecular weight excluding hydrogens is 358 g/mol.